The maximum Gasteiger partial charge on any atom is 0.230 e. The van der Waals surface area contributed by atoms with Crippen LogP contribution in [-0.2, 0) is 26.6 Å². The van der Waals surface area contributed by atoms with Crippen LogP contribution < -0.4 is 5.32 Å². The Morgan fingerprint density at radius 2 is 1.88 bits per heavy atom. The fourth-order valence-corrected chi connectivity index (χ4v) is 3.87. The Morgan fingerprint density at radius 3 is 2.40 bits per heavy atom. The third-order valence-corrected chi connectivity index (χ3v) is 6.18. The highest BCUT2D eigenvalue weighted by Gasteiger charge is 2.45. The lowest BCUT2D eigenvalue weighted by Crippen LogP contribution is -2.49. The molecule has 1 aromatic heterocycles. The molecule has 0 spiro atoms. The summed E-state index contributed by atoms with van der Waals surface area (Å²) in [7, 11) is -3.23. The molecule has 3 rings (SSSR count). The molecule has 132 valence electrons. The number of pyridine rings is 1. The summed E-state index contributed by atoms with van der Waals surface area (Å²) in [6, 6.07) is 8.62. The second kappa shape index (κ2) is 6.59. The molecule has 0 unspecified atom stereocenters. The topological polar surface area (TPSA) is 76.1 Å². The van der Waals surface area contributed by atoms with Gasteiger partial charge in [-0.15, -0.1) is 0 Å². The molecule has 1 aromatic carbocycles. The molecule has 0 bridgehead atoms. The molecule has 1 N–H and O–H groups in total. The molecule has 5 nitrogen and oxygen atoms in total. The van der Waals surface area contributed by atoms with Gasteiger partial charge < -0.3 is 5.32 Å². The number of nitrogens with zero attached hydrogens (tertiary/aromatic N) is 1. The lowest BCUT2D eigenvalue weighted by Gasteiger charge is -2.40. The van der Waals surface area contributed by atoms with Crippen LogP contribution in [0.3, 0.4) is 0 Å². The molecule has 0 aliphatic heterocycles. The van der Waals surface area contributed by atoms with Gasteiger partial charge in [0.15, 0.2) is 9.84 Å². The van der Waals surface area contributed by atoms with Crippen LogP contribution in [0.2, 0.25) is 0 Å². The van der Waals surface area contributed by atoms with Crippen molar-refractivity contribution in [3.05, 3.63) is 59.4 Å². The maximum absolute atomic E-state index is 12.9. The van der Waals surface area contributed by atoms with E-state index in [4.69, 9.17) is 0 Å². The van der Waals surface area contributed by atoms with Crippen molar-refractivity contribution >= 4 is 15.7 Å². The SMILES string of the molecule is Cc1cnccc1CNC(=O)C1(c2ccc(S(C)(=O)=O)cc2)CCC1. The van der Waals surface area contributed by atoms with Crippen molar-refractivity contribution < 1.29 is 13.2 Å². The van der Waals surface area contributed by atoms with E-state index in [0.717, 1.165) is 36.0 Å². The number of aromatic nitrogens is 1. The minimum absolute atomic E-state index is 0.00191. The zero-order valence-corrected chi connectivity index (χ0v) is 15.3. The molecule has 6 heteroatoms. The van der Waals surface area contributed by atoms with Gasteiger partial charge in [0.25, 0.3) is 0 Å². The first kappa shape index (κ1) is 17.6. The highest BCUT2D eigenvalue weighted by molar-refractivity contribution is 7.90. The molecule has 1 aliphatic rings. The molecule has 1 heterocycles. The van der Waals surface area contributed by atoms with Gasteiger partial charge in [0.1, 0.15) is 0 Å². The van der Waals surface area contributed by atoms with Crippen molar-refractivity contribution in [1.29, 1.82) is 0 Å². The number of carbonyl (C=O) groups excluding carboxylic acids is 1. The van der Waals surface area contributed by atoms with E-state index in [9.17, 15) is 13.2 Å². The van der Waals surface area contributed by atoms with Gasteiger partial charge in [0, 0.05) is 25.2 Å². The Morgan fingerprint density at radius 1 is 1.20 bits per heavy atom. The van der Waals surface area contributed by atoms with Crippen LogP contribution in [0.1, 0.15) is 36.0 Å². The Labute approximate surface area is 148 Å². The summed E-state index contributed by atoms with van der Waals surface area (Å²) in [4.78, 5) is 17.2. The second-order valence-corrected chi connectivity index (χ2v) is 8.73. The van der Waals surface area contributed by atoms with E-state index in [-0.39, 0.29) is 10.8 Å². The molecule has 1 amide bonds. The lowest BCUT2D eigenvalue weighted by molar-refractivity contribution is -0.130. The van der Waals surface area contributed by atoms with E-state index < -0.39 is 15.3 Å². The average molecular weight is 358 g/mol. The van der Waals surface area contributed by atoms with Gasteiger partial charge in [-0.2, -0.15) is 0 Å². The van der Waals surface area contributed by atoms with Crippen LogP contribution >= 0.6 is 0 Å². The first-order valence-corrected chi connectivity index (χ1v) is 10.2. The minimum atomic E-state index is -3.23. The van der Waals surface area contributed by atoms with Gasteiger partial charge in [-0.05, 0) is 54.7 Å². The van der Waals surface area contributed by atoms with E-state index in [1.54, 1.807) is 36.7 Å². The third-order valence-electron chi connectivity index (χ3n) is 5.05. The summed E-state index contributed by atoms with van der Waals surface area (Å²) in [6.07, 6.45) is 7.25. The fourth-order valence-electron chi connectivity index (χ4n) is 3.24. The molecule has 2 aromatic rings. The number of sulfone groups is 1. The Bertz CT molecular complexity index is 885. The number of aryl methyl sites for hydroxylation is 1. The van der Waals surface area contributed by atoms with Crippen molar-refractivity contribution in [3.8, 4) is 0 Å². The van der Waals surface area contributed by atoms with Gasteiger partial charge in [0.05, 0.1) is 10.3 Å². The van der Waals surface area contributed by atoms with Crippen molar-refractivity contribution in [3.63, 3.8) is 0 Å². The smallest absolute Gasteiger partial charge is 0.230 e. The third kappa shape index (κ3) is 3.44. The maximum atomic E-state index is 12.9. The highest BCUT2D eigenvalue weighted by atomic mass is 32.2. The van der Waals surface area contributed by atoms with Crippen molar-refractivity contribution in [2.24, 2.45) is 0 Å². The number of carbonyl (C=O) groups is 1. The molecule has 0 atom stereocenters. The van der Waals surface area contributed by atoms with Gasteiger partial charge in [0.2, 0.25) is 5.91 Å². The van der Waals surface area contributed by atoms with E-state index in [2.05, 4.69) is 10.3 Å². The molecule has 1 aliphatic carbocycles. The average Bonchev–Trinajstić information content (AvgIpc) is 2.53. The van der Waals surface area contributed by atoms with E-state index in [1.807, 2.05) is 13.0 Å². The molecule has 25 heavy (non-hydrogen) atoms. The van der Waals surface area contributed by atoms with Gasteiger partial charge >= 0.3 is 0 Å². The Balaban J connectivity index is 1.78. The van der Waals surface area contributed by atoms with E-state index >= 15 is 0 Å². The monoisotopic (exact) mass is 358 g/mol. The summed E-state index contributed by atoms with van der Waals surface area (Å²) in [5.41, 5.74) is 2.43. The number of amides is 1. The Hall–Kier alpha value is -2.21. The summed E-state index contributed by atoms with van der Waals surface area (Å²) in [5.74, 6) is 0.00191. The van der Waals surface area contributed by atoms with Crippen LogP contribution in [0, 0.1) is 6.92 Å². The zero-order chi connectivity index (χ0) is 18.1. The predicted molar refractivity (Wildman–Crippen MR) is 95.9 cm³/mol. The number of benzene rings is 1. The Kier molecular flexibility index (Phi) is 4.64. The molecule has 1 saturated carbocycles. The van der Waals surface area contributed by atoms with E-state index in [1.165, 1.54) is 6.26 Å². The minimum Gasteiger partial charge on any atom is -0.351 e. The van der Waals surface area contributed by atoms with Crippen molar-refractivity contribution in [1.82, 2.24) is 10.3 Å². The molecule has 0 saturated heterocycles. The summed E-state index contributed by atoms with van der Waals surface area (Å²) < 4.78 is 23.2. The molecular weight excluding hydrogens is 336 g/mol. The molecule has 0 radical (unpaired) electrons. The lowest BCUT2D eigenvalue weighted by atomic mass is 9.64. The van der Waals surface area contributed by atoms with E-state index in [0.29, 0.717) is 6.54 Å². The fraction of sp³-hybridized carbons (Fsp3) is 0.368. The van der Waals surface area contributed by atoms with Crippen molar-refractivity contribution in [2.45, 2.75) is 43.0 Å². The quantitative estimate of drug-likeness (QED) is 0.891. The van der Waals surface area contributed by atoms with Crippen molar-refractivity contribution in [2.75, 3.05) is 6.26 Å². The normalized spacial score (nSPS) is 16.1. The highest BCUT2D eigenvalue weighted by Crippen LogP contribution is 2.44. The summed E-state index contributed by atoms with van der Waals surface area (Å²) in [5, 5.41) is 3.04. The number of rotatable bonds is 5. The van der Waals surface area contributed by atoms with Gasteiger partial charge in [-0.25, -0.2) is 8.42 Å². The van der Waals surface area contributed by atoms with Crippen LogP contribution in [-0.4, -0.2) is 25.6 Å². The van der Waals surface area contributed by atoms with Crippen LogP contribution in [0.15, 0.2) is 47.6 Å². The van der Waals surface area contributed by atoms with Crippen LogP contribution in [0.5, 0.6) is 0 Å². The van der Waals surface area contributed by atoms with Crippen LogP contribution in [0.4, 0.5) is 0 Å². The standard InChI is InChI=1S/C19H22N2O3S/c1-14-12-20-11-8-15(14)13-21-18(22)19(9-3-10-19)16-4-6-17(7-5-16)25(2,23)24/h4-8,11-12H,3,9-10,13H2,1-2H3,(H,21,22). The van der Waals surface area contributed by atoms with Crippen LogP contribution in [0.25, 0.3) is 0 Å². The molecule has 1 fully saturated rings. The number of nitrogens with one attached hydrogen (secondary N) is 1. The first-order valence-electron chi connectivity index (χ1n) is 8.31. The summed E-state index contributed by atoms with van der Waals surface area (Å²) >= 11 is 0. The van der Waals surface area contributed by atoms with Gasteiger partial charge in [-0.1, -0.05) is 18.6 Å². The summed E-state index contributed by atoms with van der Waals surface area (Å²) in [6.45, 7) is 2.44. The number of hydrogen-bond donors (Lipinski definition) is 1. The molecular formula is C19H22N2O3S. The predicted octanol–water partition coefficient (Wildman–Crippen LogP) is 2.53. The second-order valence-electron chi connectivity index (χ2n) is 6.72. The number of hydrogen-bond acceptors (Lipinski definition) is 4. The zero-order valence-electron chi connectivity index (χ0n) is 14.5. The largest absolute Gasteiger partial charge is 0.351 e. The first-order chi connectivity index (χ1) is 11.8. The van der Waals surface area contributed by atoms with Gasteiger partial charge in [-0.3, -0.25) is 9.78 Å².